The molecule has 0 aliphatic heterocycles. The van der Waals surface area contributed by atoms with Crippen molar-refractivity contribution >= 4 is 41.0 Å². The van der Waals surface area contributed by atoms with Gasteiger partial charge < -0.3 is 10.6 Å². The fraction of sp³-hybridized carbons (Fsp3) is 0.250. The summed E-state index contributed by atoms with van der Waals surface area (Å²) in [5, 5.41) is 16.9. The highest BCUT2D eigenvalue weighted by Gasteiger charge is 2.27. The van der Waals surface area contributed by atoms with Crippen LogP contribution in [0.5, 0.6) is 0 Å². The van der Waals surface area contributed by atoms with Crippen LogP contribution < -0.4 is 10.6 Å². The van der Waals surface area contributed by atoms with Gasteiger partial charge in [0.25, 0.3) is 0 Å². The topological polar surface area (TPSA) is 71.8 Å². The zero-order valence-corrected chi connectivity index (χ0v) is 23.2. The number of urea groups is 1. The number of benzene rings is 3. The number of carbonyl (C=O) groups excluding carboxylic acids is 1. The quantitative estimate of drug-likeness (QED) is 0.225. The van der Waals surface area contributed by atoms with E-state index in [4.69, 9.17) is 23.2 Å². The van der Waals surface area contributed by atoms with Gasteiger partial charge in [-0.25, -0.2) is 4.79 Å². The predicted octanol–water partition coefficient (Wildman–Crippen LogP) is 7.25. The number of nitrogens with one attached hydrogen (secondary N) is 2. The second kappa shape index (κ2) is 12.0. The third-order valence-electron chi connectivity index (χ3n) is 5.41. The van der Waals surface area contributed by atoms with Crippen molar-refractivity contribution < 1.29 is 4.79 Å². The van der Waals surface area contributed by atoms with E-state index >= 15 is 0 Å². The van der Waals surface area contributed by atoms with Crippen molar-refractivity contribution in [2.24, 2.45) is 0 Å². The fourth-order valence-electron chi connectivity index (χ4n) is 3.80. The van der Waals surface area contributed by atoms with Crippen LogP contribution in [0.4, 0.5) is 4.79 Å². The zero-order valence-electron chi connectivity index (χ0n) is 20.9. The lowest BCUT2D eigenvalue weighted by molar-refractivity contribution is 0.227. The summed E-state index contributed by atoms with van der Waals surface area (Å²) in [6.45, 7) is 5.81. The molecule has 1 atom stereocenters. The molecule has 4 aromatic rings. The van der Waals surface area contributed by atoms with Crippen LogP contribution in [0.1, 0.15) is 43.8 Å². The van der Waals surface area contributed by atoms with Gasteiger partial charge in [0.15, 0.2) is 11.0 Å². The first-order chi connectivity index (χ1) is 17.7. The van der Waals surface area contributed by atoms with Crippen LogP contribution >= 0.6 is 35.0 Å². The SMILES string of the molecule is CC(C)(C)NC(=O)NC(Cc1ccccc1)c1nnc(SCc2ccccc2)n1-c1ccc(Cl)cc1Cl. The van der Waals surface area contributed by atoms with Gasteiger partial charge in [0.1, 0.15) is 0 Å². The number of hydrogen-bond donors (Lipinski definition) is 2. The van der Waals surface area contributed by atoms with E-state index in [1.807, 2.05) is 79.9 Å². The summed E-state index contributed by atoms with van der Waals surface area (Å²) >= 11 is 14.4. The average Bonchev–Trinajstić information content (AvgIpc) is 3.26. The van der Waals surface area contributed by atoms with Crippen LogP contribution in [-0.4, -0.2) is 26.3 Å². The van der Waals surface area contributed by atoms with Crippen molar-refractivity contribution in [3.05, 3.63) is 106 Å². The third-order valence-corrected chi connectivity index (χ3v) is 6.95. The van der Waals surface area contributed by atoms with Crippen LogP contribution in [-0.2, 0) is 12.2 Å². The molecule has 0 saturated heterocycles. The summed E-state index contributed by atoms with van der Waals surface area (Å²) in [6, 6.07) is 24.7. The molecular weight excluding hydrogens is 525 g/mol. The number of thioether (sulfide) groups is 1. The van der Waals surface area contributed by atoms with Crippen LogP contribution in [0.3, 0.4) is 0 Å². The number of amides is 2. The number of carbonyl (C=O) groups is 1. The summed E-state index contributed by atoms with van der Waals surface area (Å²) in [5.74, 6) is 1.28. The molecule has 2 amide bonds. The van der Waals surface area contributed by atoms with Gasteiger partial charge in [-0.15, -0.1) is 10.2 Å². The number of nitrogens with zero attached hydrogens (tertiary/aromatic N) is 3. The van der Waals surface area contributed by atoms with Crippen molar-refractivity contribution in [1.29, 1.82) is 0 Å². The van der Waals surface area contributed by atoms with Crippen LogP contribution in [0.15, 0.2) is 84.0 Å². The molecule has 0 radical (unpaired) electrons. The van der Waals surface area contributed by atoms with E-state index in [9.17, 15) is 4.79 Å². The van der Waals surface area contributed by atoms with Crippen molar-refractivity contribution in [2.75, 3.05) is 0 Å². The second-order valence-electron chi connectivity index (χ2n) is 9.64. The Balaban J connectivity index is 1.76. The highest BCUT2D eigenvalue weighted by atomic mass is 35.5. The smallest absolute Gasteiger partial charge is 0.315 e. The lowest BCUT2D eigenvalue weighted by Crippen LogP contribution is -2.48. The molecule has 2 N–H and O–H groups in total. The lowest BCUT2D eigenvalue weighted by atomic mass is 10.0. The van der Waals surface area contributed by atoms with E-state index in [0.29, 0.717) is 38.9 Å². The normalized spacial score (nSPS) is 12.2. The summed E-state index contributed by atoms with van der Waals surface area (Å²) in [6.07, 6.45) is 0.519. The Kier molecular flexibility index (Phi) is 8.79. The Morgan fingerprint density at radius 2 is 1.59 bits per heavy atom. The minimum absolute atomic E-state index is 0.288. The number of aromatic nitrogens is 3. The van der Waals surface area contributed by atoms with Gasteiger partial charge in [-0.05, 0) is 50.1 Å². The number of rotatable bonds is 8. The largest absolute Gasteiger partial charge is 0.334 e. The molecule has 0 aliphatic rings. The molecule has 0 saturated carbocycles. The summed E-state index contributed by atoms with van der Waals surface area (Å²) in [5.41, 5.74) is 2.51. The van der Waals surface area contributed by atoms with E-state index in [-0.39, 0.29) is 6.03 Å². The molecule has 1 heterocycles. The van der Waals surface area contributed by atoms with Gasteiger partial charge in [-0.2, -0.15) is 0 Å². The van der Waals surface area contributed by atoms with Gasteiger partial charge in [-0.1, -0.05) is 95.6 Å². The first kappa shape index (κ1) is 27.0. The molecule has 1 unspecified atom stereocenters. The van der Waals surface area contributed by atoms with Gasteiger partial charge in [-0.3, -0.25) is 4.57 Å². The summed E-state index contributed by atoms with van der Waals surface area (Å²) in [7, 11) is 0. The van der Waals surface area contributed by atoms with Crippen molar-refractivity contribution in [1.82, 2.24) is 25.4 Å². The maximum Gasteiger partial charge on any atom is 0.315 e. The third kappa shape index (κ3) is 7.51. The van der Waals surface area contributed by atoms with Gasteiger partial charge in [0.2, 0.25) is 0 Å². The second-order valence-corrected chi connectivity index (χ2v) is 11.4. The Labute approximate surface area is 231 Å². The van der Waals surface area contributed by atoms with E-state index in [2.05, 4.69) is 33.0 Å². The van der Waals surface area contributed by atoms with Crippen LogP contribution in [0, 0.1) is 0 Å². The number of halogens is 2. The Morgan fingerprint density at radius 3 is 2.22 bits per heavy atom. The molecule has 1 aromatic heterocycles. The Bertz CT molecular complexity index is 1340. The molecule has 37 heavy (non-hydrogen) atoms. The first-order valence-corrected chi connectivity index (χ1v) is 13.6. The fourth-order valence-corrected chi connectivity index (χ4v) is 5.20. The number of hydrogen-bond acceptors (Lipinski definition) is 4. The zero-order chi connectivity index (χ0) is 26.4. The van der Waals surface area contributed by atoms with E-state index < -0.39 is 11.6 Å². The minimum atomic E-state index is -0.477. The van der Waals surface area contributed by atoms with Crippen LogP contribution in [0.2, 0.25) is 10.0 Å². The summed E-state index contributed by atoms with van der Waals surface area (Å²) in [4.78, 5) is 13.0. The lowest BCUT2D eigenvalue weighted by Gasteiger charge is -2.25. The molecule has 192 valence electrons. The molecule has 4 rings (SSSR count). The van der Waals surface area contributed by atoms with Crippen molar-refractivity contribution in [2.45, 2.75) is 49.7 Å². The van der Waals surface area contributed by atoms with E-state index in [1.165, 1.54) is 0 Å². The molecule has 9 heteroatoms. The van der Waals surface area contributed by atoms with Gasteiger partial charge in [0, 0.05) is 22.7 Å². The molecule has 6 nitrogen and oxygen atoms in total. The van der Waals surface area contributed by atoms with E-state index in [0.717, 1.165) is 11.1 Å². The first-order valence-electron chi connectivity index (χ1n) is 11.9. The van der Waals surface area contributed by atoms with E-state index in [1.54, 1.807) is 23.9 Å². The molecule has 3 aromatic carbocycles. The average molecular weight is 555 g/mol. The standard InChI is InChI=1S/C28H29Cl2N5OS/c1-28(2,3)32-26(36)31-23(16-19-10-6-4-7-11-19)25-33-34-27(37-18-20-12-8-5-9-13-20)35(25)24-15-14-21(29)17-22(24)30/h4-15,17,23H,16,18H2,1-3H3,(H2,31,32,36). The van der Waals surface area contributed by atoms with Crippen molar-refractivity contribution in [3.8, 4) is 5.69 Å². The highest BCUT2D eigenvalue weighted by Crippen LogP contribution is 2.33. The highest BCUT2D eigenvalue weighted by molar-refractivity contribution is 7.98. The monoisotopic (exact) mass is 553 g/mol. The van der Waals surface area contributed by atoms with Gasteiger partial charge >= 0.3 is 6.03 Å². The predicted molar refractivity (Wildman–Crippen MR) is 152 cm³/mol. The maximum atomic E-state index is 13.0. The molecule has 0 bridgehead atoms. The minimum Gasteiger partial charge on any atom is -0.334 e. The molecule has 0 spiro atoms. The molecular formula is C28H29Cl2N5OS. The Hall–Kier alpha value is -3.00. The van der Waals surface area contributed by atoms with Crippen molar-refractivity contribution in [3.63, 3.8) is 0 Å². The van der Waals surface area contributed by atoms with Crippen LogP contribution in [0.25, 0.3) is 5.69 Å². The summed E-state index contributed by atoms with van der Waals surface area (Å²) < 4.78 is 1.91. The maximum absolute atomic E-state index is 13.0. The molecule has 0 aliphatic carbocycles. The Morgan fingerprint density at radius 1 is 0.946 bits per heavy atom. The molecule has 0 fully saturated rings. The van der Waals surface area contributed by atoms with Gasteiger partial charge in [0.05, 0.1) is 16.8 Å².